The normalized spacial score (nSPS) is 10.6. The third-order valence-electron chi connectivity index (χ3n) is 4.82. The molecule has 156 valence electrons. The summed E-state index contributed by atoms with van der Waals surface area (Å²) in [7, 11) is 0. The van der Waals surface area contributed by atoms with Crippen molar-refractivity contribution < 1.29 is 9.53 Å². The van der Waals surface area contributed by atoms with Crippen molar-refractivity contribution in [2.24, 2.45) is 5.10 Å². The van der Waals surface area contributed by atoms with Crippen molar-refractivity contribution in [1.82, 2.24) is 5.43 Å². The van der Waals surface area contributed by atoms with Gasteiger partial charge in [0.2, 0.25) is 5.91 Å². The molecule has 0 saturated heterocycles. The molecule has 0 radical (unpaired) electrons. The van der Waals surface area contributed by atoms with E-state index in [-0.39, 0.29) is 12.3 Å². The maximum atomic E-state index is 12.1. The molecule has 0 unspecified atom stereocenters. The van der Waals surface area contributed by atoms with Gasteiger partial charge in [0, 0.05) is 5.56 Å². The molecule has 0 heterocycles. The third-order valence-corrected chi connectivity index (χ3v) is 5.44. The Morgan fingerprint density at radius 3 is 2.68 bits per heavy atom. The molecule has 3 aromatic carbocycles. The minimum absolute atomic E-state index is 0.172. The van der Waals surface area contributed by atoms with Crippen LogP contribution in [0.1, 0.15) is 33.4 Å². The highest BCUT2D eigenvalue weighted by atomic mass is 79.9. The van der Waals surface area contributed by atoms with Gasteiger partial charge in [0.05, 0.1) is 28.7 Å². The number of hydrazone groups is 1. The molecule has 0 bridgehead atoms. The van der Waals surface area contributed by atoms with E-state index in [0.717, 1.165) is 26.7 Å². The zero-order valence-electron chi connectivity index (χ0n) is 17.4. The Bertz CT molecular complexity index is 1170. The smallest absolute Gasteiger partial charge is 0.244 e. The zero-order valence-corrected chi connectivity index (χ0v) is 18.9. The minimum Gasteiger partial charge on any atom is -0.488 e. The number of carbonyl (C=O) groups is 1. The second kappa shape index (κ2) is 10.6. The van der Waals surface area contributed by atoms with Crippen LogP contribution in [0.2, 0.25) is 0 Å². The molecule has 0 saturated carbocycles. The highest BCUT2D eigenvalue weighted by Gasteiger charge is 2.06. The van der Waals surface area contributed by atoms with Crippen LogP contribution in [-0.2, 0) is 17.8 Å². The van der Waals surface area contributed by atoms with Gasteiger partial charge in [-0.05, 0) is 76.3 Å². The lowest BCUT2D eigenvalue weighted by Crippen LogP contribution is -2.19. The highest BCUT2D eigenvalue weighted by Crippen LogP contribution is 2.26. The van der Waals surface area contributed by atoms with Crippen LogP contribution in [0.4, 0.5) is 0 Å². The van der Waals surface area contributed by atoms with Crippen LogP contribution in [0, 0.1) is 25.2 Å². The van der Waals surface area contributed by atoms with E-state index in [1.165, 1.54) is 5.56 Å². The molecule has 6 heteroatoms. The van der Waals surface area contributed by atoms with E-state index in [2.05, 4.69) is 32.5 Å². The average molecular weight is 476 g/mol. The van der Waals surface area contributed by atoms with Crippen LogP contribution in [0.5, 0.6) is 5.75 Å². The number of halogens is 1. The Balaban J connectivity index is 1.55. The Kier molecular flexibility index (Phi) is 7.58. The van der Waals surface area contributed by atoms with Crippen LogP contribution in [0.15, 0.2) is 70.2 Å². The van der Waals surface area contributed by atoms with Gasteiger partial charge in [0.25, 0.3) is 0 Å². The molecule has 1 amide bonds. The fourth-order valence-corrected chi connectivity index (χ4v) is 3.45. The number of nitriles is 1. The van der Waals surface area contributed by atoms with Gasteiger partial charge in [0.1, 0.15) is 12.4 Å². The number of rotatable bonds is 7. The van der Waals surface area contributed by atoms with Crippen LogP contribution >= 0.6 is 15.9 Å². The molecular weight excluding hydrogens is 454 g/mol. The molecule has 0 aliphatic rings. The largest absolute Gasteiger partial charge is 0.488 e. The number of benzene rings is 3. The van der Waals surface area contributed by atoms with Crippen molar-refractivity contribution in [1.29, 1.82) is 5.26 Å². The standard InChI is InChI=1S/C25H22BrN3O2/c1-17-7-8-19(11-18(17)2)13-25(30)29-28-15-20-9-10-24(23(26)12-20)31-16-22-6-4-3-5-21(22)14-27/h3-12,15H,13,16H2,1-2H3,(H,29,30). The molecule has 0 atom stereocenters. The van der Waals surface area contributed by atoms with Crippen molar-refractivity contribution in [3.05, 3.63) is 98.5 Å². The second-order valence-corrected chi connectivity index (χ2v) is 7.99. The van der Waals surface area contributed by atoms with E-state index >= 15 is 0 Å². The van der Waals surface area contributed by atoms with Gasteiger partial charge < -0.3 is 4.74 Å². The van der Waals surface area contributed by atoms with E-state index in [0.29, 0.717) is 17.9 Å². The number of carbonyl (C=O) groups excluding carboxylic acids is 1. The van der Waals surface area contributed by atoms with Crippen molar-refractivity contribution >= 4 is 28.1 Å². The van der Waals surface area contributed by atoms with Gasteiger partial charge in [-0.1, -0.05) is 36.4 Å². The number of amides is 1. The predicted octanol–water partition coefficient (Wildman–Crippen LogP) is 5.21. The first-order chi connectivity index (χ1) is 15.0. The molecule has 1 N–H and O–H groups in total. The quantitative estimate of drug-likeness (QED) is 0.376. The van der Waals surface area contributed by atoms with Crippen molar-refractivity contribution in [3.8, 4) is 11.8 Å². The number of ether oxygens (including phenoxy) is 1. The van der Waals surface area contributed by atoms with Gasteiger partial charge in [-0.2, -0.15) is 10.4 Å². The lowest BCUT2D eigenvalue weighted by atomic mass is 10.0. The van der Waals surface area contributed by atoms with Crippen molar-refractivity contribution in [2.45, 2.75) is 26.9 Å². The number of hydrogen-bond acceptors (Lipinski definition) is 4. The van der Waals surface area contributed by atoms with E-state index in [9.17, 15) is 10.1 Å². The van der Waals surface area contributed by atoms with Crippen LogP contribution in [-0.4, -0.2) is 12.1 Å². The number of nitrogens with zero attached hydrogens (tertiary/aromatic N) is 2. The summed E-state index contributed by atoms with van der Waals surface area (Å²) in [6.07, 6.45) is 1.86. The molecule has 0 aliphatic heterocycles. The van der Waals surface area contributed by atoms with E-state index in [1.54, 1.807) is 12.3 Å². The SMILES string of the molecule is Cc1ccc(CC(=O)NN=Cc2ccc(OCc3ccccc3C#N)c(Br)c2)cc1C. The number of nitrogens with one attached hydrogen (secondary N) is 1. The summed E-state index contributed by atoms with van der Waals surface area (Å²) in [5, 5.41) is 13.2. The van der Waals surface area contributed by atoms with E-state index in [1.807, 2.05) is 68.4 Å². The summed E-state index contributed by atoms with van der Waals surface area (Å²) < 4.78 is 6.59. The van der Waals surface area contributed by atoms with Gasteiger partial charge in [-0.3, -0.25) is 4.79 Å². The summed E-state index contributed by atoms with van der Waals surface area (Å²) in [5.41, 5.74) is 8.12. The number of aryl methyl sites for hydroxylation is 2. The third kappa shape index (κ3) is 6.27. The Morgan fingerprint density at radius 1 is 1.13 bits per heavy atom. The first-order valence-corrected chi connectivity index (χ1v) is 10.5. The Labute approximate surface area is 190 Å². The first kappa shape index (κ1) is 22.3. The van der Waals surface area contributed by atoms with Gasteiger partial charge in [0.15, 0.2) is 0 Å². The topological polar surface area (TPSA) is 74.5 Å². The minimum atomic E-state index is -0.172. The predicted molar refractivity (Wildman–Crippen MR) is 125 cm³/mol. The lowest BCUT2D eigenvalue weighted by Gasteiger charge is -2.10. The number of hydrogen-bond donors (Lipinski definition) is 1. The van der Waals surface area contributed by atoms with Crippen LogP contribution in [0.25, 0.3) is 0 Å². The molecule has 3 rings (SSSR count). The summed E-state index contributed by atoms with van der Waals surface area (Å²) in [6, 6.07) is 21.0. The average Bonchev–Trinajstić information content (AvgIpc) is 2.76. The van der Waals surface area contributed by atoms with Gasteiger partial charge in [-0.25, -0.2) is 5.43 Å². The monoisotopic (exact) mass is 475 g/mol. The van der Waals surface area contributed by atoms with Crippen LogP contribution < -0.4 is 10.2 Å². The molecule has 0 aromatic heterocycles. The molecule has 0 fully saturated rings. The molecule has 31 heavy (non-hydrogen) atoms. The summed E-state index contributed by atoms with van der Waals surface area (Å²) in [4.78, 5) is 12.1. The van der Waals surface area contributed by atoms with Crippen LogP contribution in [0.3, 0.4) is 0 Å². The summed E-state index contributed by atoms with van der Waals surface area (Å²) in [6.45, 7) is 4.37. The lowest BCUT2D eigenvalue weighted by molar-refractivity contribution is -0.120. The molecule has 0 aliphatic carbocycles. The van der Waals surface area contributed by atoms with Gasteiger partial charge >= 0.3 is 0 Å². The maximum Gasteiger partial charge on any atom is 0.244 e. The molecular formula is C25H22BrN3O2. The molecule has 5 nitrogen and oxygen atoms in total. The highest BCUT2D eigenvalue weighted by molar-refractivity contribution is 9.10. The zero-order chi connectivity index (χ0) is 22.2. The van der Waals surface area contributed by atoms with E-state index in [4.69, 9.17) is 4.74 Å². The Hall–Kier alpha value is -3.43. The molecule has 3 aromatic rings. The van der Waals surface area contributed by atoms with Gasteiger partial charge in [-0.15, -0.1) is 0 Å². The fraction of sp³-hybridized carbons (Fsp3) is 0.160. The van der Waals surface area contributed by atoms with Crippen molar-refractivity contribution in [2.75, 3.05) is 0 Å². The maximum absolute atomic E-state index is 12.1. The Morgan fingerprint density at radius 2 is 1.94 bits per heavy atom. The first-order valence-electron chi connectivity index (χ1n) is 9.74. The molecule has 0 spiro atoms. The van der Waals surface area contributed by atoms with E-state index < -0.39 is 0 Å². The summed E-state index contributed by atoms with van der Waals surface area (Å²) in [5.74, 6) is 0.485. The second-order valence-electron chi connectivity index (χ2n) is 7.14. The van der Waals surface area contributed by atoms with Crippen molar-refractivity contribution in [3.63, 3.8) is 0 Å². The fourth-order valence-electron chi connectivity index (χ4n) is 2.94. The summed E-state index contributed by atoms with van der Waals surface area (Å²) >= 11 is 3.49.